The molecule has 54 valence electrons. The van der Waals surface area contributed by atoms with Crippen molar-refractivity contribution in [3.05, 3.63) is 25.8 Å². The lowest BCUT2D eigenvalue weighted by Crippen LogP contribution is -2.13. The van der Waals surface area contributed by atoms with Gasteiger partial charge in [0.15, 0.2) is 5.82 Å². The largest absolute Gasteiger partial charge is 0.383 e. The summed E-state index contributed by atoms with van der Waals surface area (Å²) in [6.45, 7) is 0. The van der Waals surface area contributed by atoms with Gasteiger partial charge in [-0.2, -0.15) is 0 Å². The first kappa shape index (κ1) is 7.52. The Labute approximate surface area is 69.6 Å². The predicted molar refractivity (Wildman–Crippen MR) is 44.2 cm³/mol. The van der Waals surface area contributed by atoms with Gasteiger partial charge in [-0.05, 0) is 28.7 Å². The number of anilines is 1. The lowest BCUT2D eigenvalue weighted by Gasteiger charge is -1.94. The van der Waals surface area contributed by atoms with Gasteiger partial charge >= 0.3 is 0 Å². The molecule has 1 aromatic heterocycles. The van der Waals surface area contributed by atoms with Crippen LogP contribution in [0.2, 0.25) is 0 Å². The Morgan fingerprint density at radius 1 is 1.70 bits per heavy atom. The van der Waals surface area contributed by atoms with E-state index in [2.05, 4.69) is 4.98 Å². The number of rotatable bonds is 0. The minimum Gasteiger partial charge on any atom is -0.383 e. The highest BCUT2D eigenvalue weighted by molar-refractivity contribution is 14.1. The molecule has 1 rings (SSSR count). The molecule has 1 aromatic rings. The van der Waals surface area contributed by atoms with E-state index in [1.165, 1.54) is 0 Å². The predicted octanol–water partition coefficient (Wildman–Crippen LogP) is 0.701. The van der Waals surface area contributed by atoms with Crippen molar-refractivity contribution >= 4 is 28.4 Å². The monoisotopic (exact) mass is 254 g/mol. The molecule has 0 aliphatic heterocycles. The second-order valence-electron chi connectivity index (χ2n) is 1.71. The van der Waals surface area contributed by atoms with E-state index in [4.69, 9.17) is 5.73 Å². The summed E-state index contributed by atoms with van der Waals surface area (Å²) in [7, 11) is 0. The second kappa shape index (κ2) is 2.57. The minimum atomic E-state index is -0.594. The molecule has 0 aliphatic rings. The summed E-state index contributed by atoms with van der Waals surface area (Å²) in [5.41, 5.74) is 4.69. The van der Waals surface area contributed by atoms with Gasteiger partial charge < -0.3 is 10.7 Å². The molecule has 3 N–H and O–H groups in total. The Bertz CT molecular complexity index is 309. The Kier molecular flexibility index (Phi) is 1.93. The molecule has 0 saturated heterocycles. The molecule has 0 amide bonds. The van der Waals surface area contributed by atoms with Crippen molar-refractivity contribution in [3.63, 3.8) is 0 Å². The molecule has 0 bridgehead atoms. The van der Waals surface area contributed by atoms with E-state index in [0.29, 0.717) is 3.57 Å². The van der Waals surface area contributed by atoms with Crippen LogP contribution in [0.1, 0.15) is 0 Å². The van der Waals surface area contributed by atoms with Crippen LogP contribution in [0.5, 0.6) is 0 Å². The Morgan fingerprint density at radius 2 is 2.30 bits per heavy atom. The third-order valence-electron chi connectivity index (χ3n) is 0.976. The molecule has 1 heterocycles. The van der Waals surface area contributed by atoms with Crippen molar-refractivity contribution in [1.82, 2.24) is 4.98 Å². The summed E-state index contributed by atoms with van der Waals surface area (Å²) in [5.74, 6) is -0.811. The standard InChI is InChI=1S/C5H4FIN2O/c6-2-1-3(7)5(10)9-4(2)8/h1H,(H3,8,9,10). The molecule has 0 saturated carbocycles. The van der Waals surface area contributed by atoms with Crippen molar-refractivity contribution in [2.24, 2.45) is 0 Å². The molecule has 0 fully saturated rings. The summed E-state index contributed by atoms with van der Waals surface area (Å²) in [4.78, 5) is 12.8. The highest BCUT2D eigenvalue weighted by Crippen LogP contribution is 2.05. The molecule has 0 aromatic carbocycles. The first-order chi connectivity index (χ1) is 4.61. The number of nitrogens with one attached hydrogen (secondary N) is 1. The zero-order valence-electron chi connectivity index (χ0n) is 4.82. The van der Waals surface area contributed by atoms with Gasteiger partial charge in [0, 0.05) is 0 Å². The van der Waals surface area contributed by atoms with E-state index >= 15 is 0 Å². The van der Waals surface area contributed by atoms with Gasteiger partial charge in [0.2, 0.25) is 0 Å². The number of halogens is 2. The molecule has 10 heavy (non-hydrogen) atoms. The first-order valence-corrected chi connectivity index (χ1v) is 3.53. The molecule has 5 heteroatoms. The van der Waals surface area contributed by atoms with E-state index in [1.807, 2.05) is 0 Å². The van der Waals surface area contributed by atoms with Gasteiger partial charge in [-0.15, -0.1) is 0 Å². The van der Waals surface area contributed by atoms with Crippen LogP contribution < -0.4 is 11.3 Å². The van der Waals surface area contributed by atoms with Crippen LogP contribution in [0.3, 0.4) is 0 Å². The highest BCUT2D eigenvalue weighted by Gasteiger charge is 2.01. The second-order valence-corrected chi connectivity index (χ2v) is 2.87. The number of H-pyrrole nitrogens is 1. The van der Waals surface area contributed by atoms with Crippen LogP contribution in [-0.4, -0.2) is 4.98 Å². The Hall–Kier alpha value is -0.590. The quantitative estimate of drug-likeness (QED) is 0.669. The van der Waals surface area contributed by atoms with Crippen LogP contribution in [-0.2, 0) is 0 Å². The molecule has 0 aliphatic carbocycles. The molecular weight excluding hydrogens is 250 g/mol. The fraction of sp³-hybridized carbons (Fsp3) is 0. The van der Waals surface area contributed by atoms with Crippen molar-refractivity contribution < 1.29 is 4.39 Å². The SMILES string of the molecule is Nc1[nH]c(=O)c(I)cc1F. The summed E-state index contributed by atoms with van der Waals surface area (Å²) < 4.78 is 12.8. The maximum absolute atomic E-state index is 12.5. The van der Waals surface area contributed by atoms with Crippen LogP contribution in [0, 0.1) is 9.39 Å². The molecule has 0 spiro atoms. The van der Waals surface area contributed by atoms with Crippen molar-refractivity contribution in [3.8, 4) is 0 Å². The van der Waals surface area contributed by atoms with Gasteiger partial charge in [0.25, 0.3) is 5.56 Å². The number of hydrogen-bond donors (Lipinski definition) is 2. The number of pyridine rings is 1. The fourth-order valence-electron chi connectivity index (χ4n) is 0.496. The number of nitrogen functional groups attached to an aromatic ring is 1. The van der Waals surface area contributed by atoms with Gasteiger partial charge in [-0.3, -0.25) is 4.79 Å². The summed E-state index contributed by atoms with van der Waals surface area (Å²) >= 11 is 1.73. The average molecular weight is 254 g/mol. The summed E-state index contributed by atoms with van der Waals surface area (Å²) in [6, 6.07) is 1.09. The van der Waals surface area contributed by atoms with Crippen LogP contribution in [0.25, 0.3) is 0 Å². The number of hydrogen-bond acceptors (Lipinski definition) is 2. The normalized spacial score (nSPS) is 9.80. The van der Waals surface area contributed by atoms with E-state index < -0.39 is 5.82 Å². The molecule has 0 atom stereocenters. The lowest BCUT2D eigenvalue weighted by atomic mass is 10.4. The van der Waals surface area contributed by atoms with E-state index in [1.54, 1.807) is 22.6 Å². The third-order valence-corrected chi connectivity index (χ3v) is 1.78. The van der Waals surface area contributed by atoms with Crippen LogP contribution >= 0.6 is 22.6 Å². The molecule has 0 unspecified atom stereocenters. The molecule has 0 radical (unpaired) electrons. The summed E-state index contributed by atoms with van der Waals surface area (Å²) in [6.07, 6.45) is 0. The van der Waals surface area contributed by atoms with Crippen LogP contribution in [0.4, 0.5) is 10.2 Å². The van der Waals surface area contributed by atoms with E-state index in [-0.39, 0.29) is 11.4 Å². The van der Waals surface area contributed by atoms with E-state index in [9.17, 15) is 9.18 Å². The Morgan fingerprint density at radius 3 is 2.80 bits per heavy atom. The van der Waals surface area contributed by atoms with Gasteiger partial charge in [-0.25, -0.2) is 4.39 Å². The maximum Gasteiger partial charge on any atom is 0.263 e. The zero-order chi connectivity index (χ0) is 7.72. The van der Waals surface area contributed by atoms with Crippen molar-refractivity contribution in [2.75, 3.05) is 5.73 Å². The van der Waals surface area contributed by atoms with Gasteiger partial charge in [0.1, 0.15) is 5.82 Å². The highest BCUT2D eigenvalue weighted by atomic mass is 127. The summed E-state index contributed by atoms with van der Waals surface area (Å²) in [5, 5.41) is 0. The molecule has 3 nitrogen and oxygen atoms in total. The van der Waals surface area contributed by atoms with Gasteiger partial charge in [0.05, 0.1) is 3.57 Å². The average Bonchev–Trinajstić information content (AvgIpc) is 1.84. The maximum atomic E-state index is 12.5. The third kappa shape index (κ3) is 1.28. The smallest absolute Gasteiger partial charge is 0.263 e. The molecular formula is C5H4FIN2O. The van der Waals surface area contributed by atoms with Crippen molar-refractivity contribution in [2.45, 2.75) is 0 Å². The topological polar surface area (TPSA) is 58.9 Å². The fourth-order valence-corrected chi connectivity index (χ4v) is 0.905. The van der Waals surface area contributed by atoms with Gasteiger partial charge in [-0.1, -0.05) is 0 Å². The number of aromatic amines is 1. The lowest BCUT2D eigenvalue weighted by molar-refractivity contribution is 0.625. The number of nitrogens with two attached hydrogens (primary N) is 1. The number of aromatic nitrogens is 1. The van der Waals surface area contributed by atoms with Crippen LogP contribution in [0.15, 0.2) is 10.9 Å². The van der Waals surface area contributed by atoms with Crippen molar-refractivity contribution in [1.29, 1.82) is 0 Å². The minimum absolute atomic E-state index is 0.217. The zero-order valence-corrected chi connectivity index (χ0v) is 6.98. The Balaban J connectivity index is 3.43. The van der Waals surface area contributed by atoms with E-state index in [0.717, 1.165) is 6.07 Å². The first-order valence-electron chi connectivity index (χ1n) is 2.45.